The first-order chi connectivity index (χ1) is 13.4. The lowest BCUT2D eigenvalue weighted by Gasteiger charge is -2.57. The highest BCUT2D eigenvalue weighted by Gasteiger charge is 2.51. The lowest BCUT2D eigenvalue weighted by molar-refractivity contribution is 0.00315. The van der Waals surface area contributed by atoms with Crippen LogP contribution in [0.1, 0.15) is 40.4 Å². The summed E-state index contributed by atoms with van der Waals surface area (Å²) in [7, 11) is 4.52. The highest BCUT2D eigenvalue weighted by molar-refractivity contribution is 5.93. The molecule has 1 heterocycles. The van der Waals surface area contributed by atoms with Crippen molar-refractivity contribution in [3.05, 3.63) is 70.8 Å². The maximum absolute atomic E-state index is 11.8. The van der Waals surface area contributed by atoms with Crippen LogP contribution in [0.15, 0.2) is 48.5 Å². The Morgan fingerprint density at radius 1 is 1.25 bits per heavy atom. The molecule has 4 heteroatoms. The van der Waals surface area contributed by atoms with Crippen molar-refractivity contribution in [1.82, 2.24) is 9.80 Å². The minimum Gasteiger partial charge on any atom is -0.366 e. The highest BCUT2D eigenvalue weighted by Crippen LogP contribution is 2.46. The molecule has 1 fully saturated rings. The third-order valence-corrected chi connectivity index (χ3v) is 7.08. The van der Waals surface area contributed by atoms with E-state index in [0.717, 1.165) is 32.4 Å². The zero-order valence-corrected chi connectivity index (χ0v) is 17.2. The number of likely N-dealkylation sites (N-methyl/N-ethyl adjacent to an activating group) is 2. The van der Waals surface area contributed by atoms with Gasteiger partial charge in [-0.25, -0.2) is 0 Å². The Kier molecular flexibility index (Phi) is 5.02. The number of hydrogen-bond donors (Lipinski definition) is 1. The van der Waals surface area contributed by atoms with E-state index in [1.54, 1.807) is 0 Å². The minimum absolute atomic E-state index is 0.0294. The van der Waals surface area contributed by atoms with Crippen LogP contribution in [0, 0.1) is 0 Å². The normalized spacial score (nSPS) is 26.9. The first kappa shape index (κ1) is 19.2. The van der Waals surface area contributed by atoms with Crippen LogP contribution < -0.4 is 5.73 Å². The van der Waals surface area contributed by atoms with Gasteiger partial charge in [-0.1, -0.05) is 43.3 Å². The molecule has 2 bridgehead atoms. The van der Waals surface area contributed by atoms with Crippen molar-refractivity contribution in [1.29, 1.82) is 0 Å². The van der Waals surface area contributed by atoms with Crippen LogP contribution in [0.5, 0.6) is 0 Å². The molecule has 1 amide bonds. The maximum atomic E-state index is 11.8. The predicted molar refractivity (Wildman–Crippen MR) is 114 cm³/mol. The van der Waals surface area contributed by atoms with Crippen LogP contribution in [0.3, 0.4) is 0 Å². The van der Waals surface area contributed by atoms with Crippen LogP contribution >= 0.6 is 0 Å². The molecule has 0 unspecified atom stereocenters. The SMILES string of the molecule is CN1CC[C@@]2(C)c3cc(C(N)=O)ccc3C[C@@H]1[C@@H]2N(C)CCc1ccccc1. The fraction of sp³-hybridized carbons (Fsp3) is 0.458. The summed E-state index contributed by atoms with van der Waals surface area (Å²) in [5, 5.41) is 0. The summed E-state index contributed by atoms with van der Waals surface area (Å²) in [6.45, 7) is 4.50. The summed E-state index contributed by atoms with van der Waals surface area (Å²) >= 11 is 0. The average molecular weight is 378 g/mol. The number of nitrogens with two attached hydrogens (primary N) is 1. The Bertz CT molecular complexity index is 865. The van der Waals surface area contributed by atoms with Crippen LogP contribution in [0.25, 0.3) is 0 Å². The first-order valence-corrected chi connectivity index (χ1v) is 10.3. The topological polar surface area (TPSA) is 49.6 Å². The Labute approximate surface area is 168 Å². The summed E-state index contributed by atoms with van der Waals surface area (Å²) in [6, 6.07) is 17.7. The lowest BCUT2D eigenvalue weighted by atomic mass is 9.61. The van der Waals surface area contributed by atoms with Crippen molar-refractivity contribution in [2.45, 2.75) is 43.7 Å². The lowest BCUT2D eigenvalue weighted by Crippen LogP contribution is -2.66. The summed E-state index contributed by atoms with van der Waals surface area (Å²) in [5.74, 6) is -0.338. The van der Waals surface area contributed by atoms with Gasteiger partial charge in [-0.05, 0) is 68.7 Å². The quantitative estimate of drug-likeness (QED) is 0.872. The van der Waals surface area contributed by atoms with Crippen molar-refractivity contribution >= 4 is 5.91 Å². The van der Waals surface area contributed by atoms with Crippen molar-refractivity contribution in [3.63, 3.8) is 0 Å². The number of likely N-dealkylation sites (tertiary alicyclic amines) is 1. The number of hydrogen-bond acceptors (Lipinski definition) is 3. The number of carbonyl (C=O) groups excluding carboxylic acids is 1. The molecular weight excluding hydrogens is 346 g/mol. The van der Waals surface area contributed by atoms with E-state index in [0.29, 0.717) is 17.6 Å². The first-order valence-electron chi connectivity index (χ1n) is 10.3. The van der Waals surface area contributed by atoms with Gasteiger partial charge in [0, 0.05) is 29.6 Å². The van der Waals surface area contributed by atoms with E-state index in [4.69, 9.17) is 5.73 Å². The second-order valence-corrected chi connectivity index (χ2v) is 8.82. The van der Waals surface area contributed by atoms with Gasteiger partial charge in [0.05, 0.1) is 0 Å². The Balaban J connectivity index is 1.66. The monoisotopic (exact) mass is 377 g/mol. The number of benzene rings is 2. The Hall–Kier alpha value is -2.17. The molecule has 4 nitrogen and oxygen atoms in total. The van der Waals surface area contributed by atoms with Crippen LogP contribution in [-0.4, -0.2) is 55.0 Å². The molecule has 1 aliphatic carbocycles. The molecule has 1 aliphatic heterocycles. The van der Waals surface area contributed by atoms with E-state index in [1.807, 2.05) is 6.07 Å². The van der Waals surface area contributed by atoms with Crippen molar-refractivity contribution in [2.75, 3.05) is 27.2 Å². The average Bonchev–Trinajstić information content (AvgIpc) is 2.69. The van der Waals surface area contributed by atoms with Gasteiger partial charge in [-0.15, -0.1) is 0 Å². The Morgan fingerprint density at radius 2 is 2.00 bits per heavy atom. The standard InChI is InChI=1S/C24H31N3O/c1-24-12-14-26(2)21(16-18-9-10-19(23(25)28)15-20(18)24)22(24)27(3)13-11-17-7-5-4-6-8-17/h4-10,15,21-22H,11-14,16H2,1-3H3,(H2,25,28)/t21-,22+,24+/m1/s1. The van der Waals surface area contributed by atoms with Crippen LogP contribution in [-0.2, 0) is 18.3 Å². The summed E-state index contributed by atoms with van der Waals surface area (Å²) in [4.78, 5) is 16.9. The van der Waals surface area contributed by atoms with Gasteiger partial charge in [-0.2, -0.15) is 0 Å². The zero-order valence-electron chi connectivity index (χ0n) is 17.2. The number of fused-ring (bicyclic) bond motifs is 4. The van der Waals surface area contributed by atoms with Gasteiger partial charge >= 0.3 is 0 Å². The second-order valence-electron chi connectivity index (χ2n) is 8.82. The Morgan fingerprint density at radius 3 is 2.71 bits per heavy atom. The third kappa shape index (κ3) is 3.25. The highest BCUT2D eigenvalue weighted by atomic mass is 16.1. The molecule has 28 heavy (non-hydrogen) atoms. The summed E-state index contributed by atoms with van der Waals surface area (Å²) < 4.78 is 0. The van der Waals surface area contributed by atoms with Crippen LogP contribution in [0.4, 0.5) is 0 Å². The summed E-state index contributed by atoms with van der Waals surface area (Å²) in [5.41, 5.74) is 10.3. The smallest absolute Gasteiger partial charge is 0.248 e. The third-order valence-electron chi connectivity index (χ3n) is 7.08. The summed E-state index contributed by atoms with van der Waals surface area (Å²) in [6.07, 6.45) is 3.17. The van der Waals surface area contributed by atoms with Gasteiger partial charge in [0.1, 0.15) is 0 Å². The van der Waals surface area contributed by atoms with E-state index >= 15 is 0 Å². The van der Waals surface area contributed by atoms with Gasteiger partial charge in [0.2, 0.25) is 5.91 Å². The number of piperidine rings is 1. The predicted octanol–water partition coefficient (Wildman–Crippen LogP) is 2.85. The molecule has 0 radical (unpaired) electrons. The molecule has 0 spiro atoms. The molecule has 2 aromatic carbocycles. The molecule has 148 valence electrons. The molecule has 0 saturated carbocycles. The van der Waals surface area contributed by atoms with Gasteiger partial charge in [-0.3, -0.25) is 4.79 Å². The molecule has 2 aromatic rings. The fourth-order valence-electron chi connectivity index (χ4n) is 5.48. The molecule has 1 saturated heterocycles. The number of primary amides is 1. The van der Waals surface area contributed by atoms with Gasteiger partial charge < -0.3 is 15.5 Å². The van der Waals surface area contributed by atoms with E-state index in [2.05, 4.69) is 73.3 Å². The molecule has 2 N–H and O–H groups in total. The van der Waals surface area contributed by atoms with Crippen LogP contribution in [0.2, 0.25) is 0 Å². The van der Waals surface area contributed by atoms with Gasteiger partial charge in [0.25, 0.3) is 0 Å². The minimum atomic E-state index is -0.338. The number of nitrogens with zero attached hydrogens (tertiary/aromatic N) is 2. The number of amides is 1. The van der Waals surface area contributed by atoms with Crippen molar-refractivity contribution in [3.8, 4) is 0 Å². The molecule has 4 rings (SSSR count). The largest absolute Gasteiger partial charge is 0.366 e. The molecule has 2 aliphatic rings. The maximum Gasteiger partial charge on any atom is 0.248 e. The zero-order chi connectivity index (χ0) is 19.9. The molecule has 0 aromatic heterocycles. The van der Waals surface area contributed by atoms with E-state index < -0.39 is 0 Å². The molecular formula is C24H31N3O. The second kappa shape index (κ2) is 7.34. The fourth-order valence-corrected chi connectivity index (χ4v) is 5.48. The molecule has 3 atom stereocenters. The number of carbonyl (C=O) groups is 1. The van der Waals surface area contributed by atoms with Crippen molar-refractivity contribution in [2.24, 2.45) is 5.73 Å². The van der Waals surface area contributed by atoms with E-state index in [-0.39, 0.29) is 11.3 Å². The van der Waals surface area contributed by atoms with E-state index in [1.165, 1.54) is 16.7 Å². The number of rotatable bonds is 5. The van der Waals surface area contributed by atoms with Crippen molar-refractivity contribution < 1.29 is 4.79 Å². The van der Waals surface area contributed by atoms with Gasteiger partial charge in [0.15, 0.2) is 0 Å². The van der Waals surface area contributed by atoms with E-state index in [9.17, 15) is 4.79 Å².